The summed E-state index contributed by atoms with van der Waals surface area (Å²) in [7, 11) is 1.69. The molecule has 1 aliphatic heterocycles. The maximum Gasteiger partial charge on any atom is 0.255 e. The number of amides is 1. The molecule has 0 radical (unpaired) electrons. The molecule has 1 saturated heterocycles. The minimum Gasteiger partial charge on any atom is -0.390 e. The number of piperidine rings is 1. The zero-order chi connectivity index (χ0) is 17.5. The molecule has 1 aromatic rings. The van der Waals surface area contributed by atoms with Crippen LogP contribution in [0, 0.1) is 19.3 Å². The third kappa shape index (κ3) is 2.68. The molecule has 0 bridgehead atoms. The van der Waals surface area contributed by atoms with Crippen LogP contribution in [0.4, 0.5) is 0 Å². The Balaban J connectivity index is 1.70. The summed E-state index contributed by atoms with van der Waals surface area (Å²) in [5.74, 6) is 0.126. The van der Waals surface area contributed by atoms with Crippen molar-refractivity contribution in [2.75, 3.05) is 26.8 Å². The number of hydrogen-bond acceptors (Lipinski definition) is 3. The van der Waals surface area contributed by atoms with Gasteiger partial charge in [-0.1, -0.05) is 0 Å². The number of rotatable bonds is 4. The smallest absolute Gasteiger partial charge is 0.255 e. The summed E-state index contributed by atoms with van der Waals surface area (Å²) < 4.78 is 7.31. The highest BCUT2D eigenvalue weighted by atomic mass is 16.5. The standard InChI is InChI=1S/C19H30N2O3/c1-14-13-16(15(2)21(14)11-12-24-4)17(22)20-9-7-19(8-10-20)6-5-18(19,3)23/h13,23H,5-12H2,1-4H3. The summed E-state index contributed by atoms with van der Waals surface area (Å²) in [5, 5.41) is 10.5. The van der Waals surface area contributed by atoms with Gasteiger partial charge < -0.3 is 19.3 Å². The minimum absolute atomic E-state index is 0.0408. The van der Waals surface area contributed by atoms with Gasteiger partial charge in [0.05, 0.1) is 17.8 Å². The molecular formula is C19H30N2O3. The van der Waals surface area contributed by atoms with Crippen LogP contribution in [-0.4, -0.2) is 52.9 Å². The molecule has 0 aromatic carbocycles. The van der Waals surface area contributed by atoms with E-state index in [0.717, 1.165) is 62.3 Å². The lowest BCUT2D eigenvalue weighted by Gasteiger charge is -2.58. The Kier molecular flexibility index (Phi) is 4.51. The van der Waals surface area contributed by atoms with Gasteiger partial charge in [-0.2, -0.15) is 0 Å². The molecule has 134 valence electrons. The van der Waals surface area contributed by atoms with Crippen LogP contribution in [0.3, 0.4) is 0 Å². The molecule has 3 rings (SSSR count). The van der Waals surface area contributed by atoms with Gasteiger partial charge in [-0.15, -0.1) is 0 Å². The Morgan fingerprint density at radius 3 is 2.42 bits per heavy atom. The fraction of sp³-hybridized carbons (Fsp3) is 0.737. The number of nitrogens with zero attached hydrogens (tertiary/aromatic N) is 2. The average Bonchev–Trinajstić information content (AvgIpc) is 2.85. The molecule has 2 aliphatic rings. The first-order valence-corrected chi connectivity index (χ1v) is 8.99. The van der Waals surface area contributed by atoms with Gasteiger partial charge in [0.25, 0.3) is 5.91 Å². The van der Waals surface area contributed by atoms with Crippen molar-refractivity contribution in [1.82, 2.24) is 9.47 Å². The lowest BCUT2D eigenvalue weighted by Crippen LogP contribution is -2.60. The van der Waals surface area contributed by atoms with Crippen LogP contribution in [0.1, 0.15) is 54.4 Å². The fourth-order valence-corrected chi connectivity index (χ4v) is 4.48. The number of carbonyl (C=O) groups excluding carboxylic acids is 1. The van der Waals surface area contributed by atoms with Crippen molar-refractivity contribution in [3.63, 3.8) is 0 Å². The van der Waals surface area contributed by atoms with Crippen LogP contribution in [0.25, 0.3) is 0 Å². The predicted molar refractivity (Wildman–Crippen MR) is 93.2 cm³/mol. The van der Waals surface area contributed by atoms with Gasteiger partial charge in [-0.25, -0.2) is 0 Å². The summed E-state index contributed by atoms with van der Waals surface area (Å²) >= 11 is 0. The minimum atomic E-state index is -0.544. The molecule has 1 saturated carbocycles. The molecule has 24 heavy (non-hydrogen) atoms. The Bertz CT molecular complexity index is 625. The van der Waals surface area contributed by atoms with E-state index in [-0.39, 0.29) is 11.3 Å². The highest BCUT2D eigenvalue weighted by Gasteiger charge is 2.55. The number of aliphatic hydroxyl groups is 1. The van der Waals surface area contributed by atoms with Crippen molar-refractivity contribution in [3.05, 3.63) is 23.0 Å². The summed E-state index contributed by atoms with van der Waals surface area (Å²) in [4.78, 5) is 14.9. The largest absolute Gasteiger partial charge is 0.390 e. The third-order valence-electron chi connectivity index (χ3n) is 6.56. The first-order chi connectivity index (χ1) is 11.3. The maximum absolute atomic E-state index is 13.0. The second kappa shape index (κ2) is 6.19. The van der Waals surface area contributed by atoms with Crippen molar-refractivity contribution in [2.24, 2.45) is 5.41 Å². The maximum atomic E-state index is 13.0. The van der Waals surface area contributed by atoms with Crippen LogP contribution in [0.15, 0.2) is 6.07 Å². The topological polar surface area (TPSA) is 54.7 Å². The lowest BCUT2D eigenvalue weighted by molar-refractivity contribution is -0.174. The molecule has 5 nitrogen and oxygen atoms in total. The number of methoxy groups -OCH3 is 1. The van der Waals surface area contributed by atoms with Crippen LogP contribution in [0.5, 0.6) is 0 Å². The highest BCUT2D eigenvalue weighted by molar-refractivity contribution is 5.95. The van der Waals surface area contributed by atoms with Crippen LogP contribution in [0.2, 0.25) is 0 Å². The Hall–Kier alpha value is -1.33. The molecule has 1 aliphatic carbocycles. The van der Waals surface area contributed by atoms with E-state index in [4.69, 9.17) is 4.74 Å². The first-order valence-electron chi connectivity index (χ1n) is 8.99. The molecule has 2 heterocycles. The Morgan fingerprint density at radius 1 is 1.25 bits per heavy atom. The van der Waals surface area contributed by atoms with Crippen molar-refractivity contribution >= 4 is 5.91 Å². The van der Waals surface area contributed by atoms with Gasteiger partial charge >= 0.3 is 0 Å². The quantitative estimate of drug-likeness (QED) is 0.920. The van der Waals surface area contributed by atoms with E-state index in [0.29, 0.717) is 6.61 Å². The molecule has 5 heteroatoms. The van der Waals surface area contributed by atoms with E-state index in [1.54, 1.807) is 7.11 Å². The van der Waals surface area contributed by atoms with Gasteiger partial charge in [-0.05, 0) is 52.5 Å². The van der Waals surface area contributed by atoms with Gasteiger partial charge in [-0.3, -0.25) is 4.79 Å². The molecule has 1 amide bonds. The number of carbonyl (C=O) groups is 1. The average molecular weight is 334 g/mol. The fourth-order valence-electron chi connectivity index (χ4n) is 4.48. The predicted octanol–water partition coefficient (Wildman–Crippen LogP) is 2.52. The number of hydrogen-bond donors (Lipinski definition) is 1. The summed E-state index contributed by atoms with van der Waals surface area (Å²) in [6.07, 6.45) is 3.80. The molecule has 2 fully saturated rings. The van der Waals surface area contributed by atoms with Crippen molar-refractivity contribution in [3.8, 4) is 0 Å². The first kappa shape index (κ1) is 17.5. The van der Waals surface area contributed by atoms with Crippen LogP contribution >= 0.6 is 0 Å². The Morgan fingerprint density at radius 2 is 1.92 bits per heavy atom. The van der Waals surface area contributed by atoms with Crippen molar-refractivity contribution in [2.45, 2.75) is 58.6 Å². The summed E-state index contributed by atoms with van der Waals surface area (Å²) in [5.41, 5.74) is 2.42. The second-order valence-corrected chi connectivity index (χ2v) is 7.78. The highest BCUT2D eigenvalue weighted by Crippen LogP contribution is 2.56. The van der Waals surface area contributed by atoms with E-state index >= 15 is 0 Å². The van der Waals surface area contributed by atoms with Crippen LogP contribution in [-0.2, 0) is 11.3 Å². The van der Waals surface area contributed by atoms with Gasteiger partial charge in [0, 0.05) is 43.5 Å². The van der Waals surface area contributed by atoms with E-state index in [1.165, 1.54) is 0 Å². The lowest BCUT2D eigenvalue weighted by atomic mass is 9.53. The molecular weight excluding hydrogens is 304 g/mol. The Labute approximate surface area is 144 Å². The SMILES string of the molecule is COCCn1c(C)cc(C(=O)N2CCC3(CC2)CCC3(C)O)c1C. The third-order valence-corrected chi connectivity index (χ3v) is 6.56. The van der Waals surface area contributed by atoms with Gasteiger partial charge in [0.2, 0.25) is 0 Å². The van der Waals surface area contributed by atoms with Gasteiger partial charge in [0.1, 0.15) is 0 Å². The molecule has 1 unspecified atom stereocenters. The summed E-state index contributed by atoms with van der Waals surface area (Å²) in [6.45, 7) is 8.91. The summed E-state index contributed by atoms with van der Waals surface area (Å²) in [6, 6.07) is 2.00. The number of aromatic nitrogens is 1. The van der Waals surface area contributed by atoms with E-state index in [1.807, 2.05) is 31.7 Å². The van der Waals surface area contributed by atoms with E-state index in [2.05, 4.69) is 4.57 Å². The zero-order valence-corrected chi connectivity index (χ0v) is 15.4. The van der Waals surface area contributed by atoms with Crippen molar-refractivity contribution in [1.29, 1.82) is 0 Å². The number of aryl methyl sites for hydroxylation is 1. The van der Waals surface area contributed by atoms with Crippen molar-refractivity contribution < 1.29 is 14.6 Å². The molecule has 1 aromatic heterocycles. The second-order valence-electron chi connectivity index (χ2n) is 7.78. The molecule has 1 N–H and O–H groups in total. The van der Waals surface area contributed by atoms with Crippen LogP contribution < -0.4 is 0 Å². The van der Waals surface area contributed by atoms with Gasteiger partial charge in [0.15, 0.2) is 0 Å². The van der Waals surface area contributed by atoms with E-state index in [9.17, 15) is 9.90 Å². The zero-order valence-electron chi connectivity index (χ0n) is 15.4. The monoisotopic (exact) mass is 334 g/mol. The molecule has 1 atom stereocenters. The van der Waals surface area contributed by atoms with E-state index < -0.39 is 5.60 Å². The molecule has 1 spiro atoms. The number of likely N-dealkylation sites (tertiary alicyclic amines) is 1. The number of ether oxygens (including phenoxy) is 1. The normalized spacial score (nSPS) is 25.8.